The Labute approximate surface area is 132 Å². The second-order valence-electron chi connectivity index (χ2n) is 6.61. The normalized spacial score (nSPS) is 26.0. The van der Waals surface area contributed by atoms with E-state index in [0.717, 1.165) is 47.5 Å². The molecule has 1 heterocycles. The first-order chi connectivity index (χ1) is 10.7. The molecule has 0 amide bonds. The van der Waals surface area contributed by atoms with E-state index in [1.165, 1.54) is 25.7 Å². The summed E-state index contributed by atoms with van der Waals surface area (Å²) in [6.45, 7) is 2.34. The lowest BCUT2D eigenvalue weighted by atomic mass is 10.0. The predicted molar refractivity (Wildman–Crippen MR) is 90.1 cm³/mol. The SMILES string of the molecule is COc1ccc2c(c1)NC(O)C(CCCCC[C@@H]1CC1C)=N2. The number of nitrogens with one attached hydrogen (secondary N) is 1. The van der Waals surface area contributed by atoms with Gasteiger partial charge < -0.3 is 15.2 Å². The van der Waals surface area contributed by atoms with E-state index in [2.05, 4.69) is 17.2 Å². The second kappa shape index (κ2) is 6.69. The number of methoxy groups -OCH3 is 1. The highest BCUT2D eigenvalue weighted by atomic mass is 16.5. The van der Waals surface area contributed by atoms with Gasteiger partial charge >= 0.3 is 0 Å². The number of unbranched alkanes of at least 4 members (excludes halogenated alkanes) is 2. The largest absolute Gasteiger partial charge is 0.497 e. The van der Waals surface area contributed by atoms with Crippen molar-refractivity contribution < 1.29 is 9.84 Å². The molecule has 2 aliphatic rings. The molecule has 0 bridgehead atoms. The van der Waals surface area contributed by atoms with Crippen LogP contribution in [0.4, 0.5) is 11.4 Å². The van der Waals surface area contributed by atoms with Crippen LogP contribution in [-0.2, 0) is 0 Å². The van der Waals surface area contributed by atoms with E-state index in [4.69, 9.17) is 4.74 Å². The van der Waals surface area contributed by atoms with Gasteiger partial charge in [0.05, 0.1) is 24.2 Å². The molecule has 0 spiro atoms. The minimum atomic E-state index is -0.678. The first-order valence-electron chi connectivity index (χ1n) is 8.37. The van der Waals surface area contributed by atoms with Crippen molar-refractivity contribution in [1.29, 1.82) is 0 Å². The van der Waals surface area contributed by atoms with Gasteiger partial charge in [0.2, 0.25) is 0 Å². The summed E-state index contributed by atoms with van der Waals surface area (Å²) in [7, 11) is 1.64. The molecular formula is C18H26N2O2. The third-order valence-electron chi connectivity index (χ3n) is 4.86. The number of nitrogens with zero attached hydrogens (tertiary/aromatic N) is 1. The highest BCUT2D eigenvalue weighted by molar-refractivity contribution is 5.97. The smallest absolute Gasteiger partial charge is 0.164 e. The van der Waals surface area contributed by atoms with Crippen molar-refractivity contribution in [2.24, 2.45) is 16.8 Å². The summed E-state index contributed by atoms with van der Waals surface area (Å²) < 4.78 is 5.20. The molecule has 120 valence electrons. The Balaban J connectivity index is 1.50. The average molecular weight is 302 g/mol. The van der Waals surface area contributed by atoms with Gasteiger partial charge in [0.25, 0.3) is 0 Å². The standard InChI is InChI=1S/C18H26N2O2/c1-12-10-13(12)6-4-3-5-7-16-18(21)20-17-11-14(22-2)8-9-15(17)19-16/h8-9,11-13,18,20-21H,3-7,10H2,1-2H3/t12?,13-,18?/m1/s1. The van der Waals surface area contributed by atoms with Crippen LogP contribution in [0.15, 0.2) is 23.2 Å². The molecule has 2 N–H and O–H groups in total. The highest BCUT2D eigenvalue weighted by Crippen LogP contribution is 2.41. The van der Waals surface area contributed by atoms with Crippen LogP contribution in [0.3, 0.4) is 0 Å². The molecule has 3 rings (SSSR count). The summed E-state index contributed by atoms with van der Waals surface area (Å²) in [6, 6.07) is 5.70. The molecule has 1 saturated carbocycles. The van der Waals surface area contributed by atoms with Gasteiger partial charge in [0.15, 0.2) is 6.23 Å². The van der Waals surface area contributed by atoms with Crippen LogP contribution in [0.2, 0.25) is 0 Å². The first kappa shape index (κ1) is 15.3. The number of hydrogen-bond donors (Lipinski definition) is 2. The Morgan fingerprint density at radius 2 is 2.14 bits per heavy atom. The van der Waals surface area contributed by atoms with E-state index >= 15 is 0 Å². The van der Waals surface area contributed by atoms with Gasteiger partial charge in [-0.1, -0.05) is 26.2 Å². The summed E-state index contributed by atoms with van der Waals surface area (Å²) in [6.07, 6.45) is 6.61. The monoisotopic (exact) mass is 302 g/mol. The van der Waals surface area contributed by atoms with Crippen LogP contribution in [0.5, 0.6) is 5.75 Å². The number of rotatable bonds is 7. The van der Waals surface area contributed by atoms with Crippen LogP contribution < -0.4 is 10.1 Å². The Morgan fingerprint density at radius 3 is 2.86 bits per heavy atom. The maximum absolute atomic E-state index is 10.2. The summed E-state index contributed by atoms with van der Waals surface area (Å²) >= 11 is 0. The lowest BCUT2D eigenvalue weighted by Crippen LogP contribution is -2.31. The molecule has 0 saturated heterocycles. The van der Waals surface area contributed by atoms with Gasteiger partial charge in [-0.15, -0.1) is 0 Å². The molecule has 1 aromatic carbocycles. The second-order valence-corrected chi connectivity index (χ2v) is 6.61. The van der Waals surface area contributed by atoms with Crippen LogP contribution in [0.1, 0.15) is 45.4 Å². The fraction of sp³-hybridized carbons (Fsp3) is 0.611. The van der Waals surface area contributed by atoms with Crippen LogP contribution in [0.25, 0.3) is 0 Å². The van der Waals surface area contributed by atoms with Crippen molar-refractivity contribution in [2.75, 3.05) is 12.4 Å². The molecule has 4 nitrogen and oxygen atoms in total. The maximum Gasteiger partial charge on any atom is 0.164 e. The predicted octanol–water partition coefficient (Wildman–Crippen LogP) is 4.12. The van der Waals surface area contributed by atoms with E-state index in [1.54, 1.807) is 7.11 Å². The van der Waals surface area contributed by atoms with Crippen molar-refractivity contribution in [1.82, 2.24) is 0 Å². The molecule has 22 heavy (non-hydrogen) atoms. The topological polar surface area (TPSA) is 53.8 Å². The number of hydrogen-bond acceptors (Lipinski definition) is 4. The molecule has 1 aromatic rings. The van der Waals surface area contributed by atoms with E-state index in [-0.39, 0.29) is 0 Å². The van der Waals surface area contributed by atoms with E-state index in [0.29, 0.717) is 0 Å². The molecule has 1 aliphatic carbocycles. The van der Waals surface area contributed by atoms with Gasteiger partial charge in [0.1, 0.15) is 5.75 Å². The molecule has 0 radical (unpaired) electrons. The number of benzene rings is 1. The fourth-order valence-electron chi connectivity index (χ4n) is 3.19. The number of aliphatic hydroxyl groups is 1. The Kier molecular flexibility index (Phi) is 4.67. The summed E-state index contributed by atoms with van der Waals surface area (Å²) in [4.78, 5) is 4.61. The third-order valence-corrected chi connectivity index (χ3v) is 4.86. The fourth-order valence-corrected chi connectivity index (χ4v) is 3.19. The molecular weight excluding hydrogens is 276 g/mol. The van der Waals surface area contributed by atoms with Crippen molar-refractivity contribution in [3.63, 3.8) is 0 Å². The number of aliphatic imine (C=N–C) groups is 1. The van der Waals surface area contributed by atoms with Crippen molar-refractivity contribution in [3.05, 3.63) is 18.2 Å². The first-order valence-corrected chi connectivity index (χ1v) is 8.37. The zero-order valence-corrected chi connectivity index (χ0v) is 13.5. The van der Waals surface area contributed by atoms with Gasteiger partial charge in [-0.2, -0.15) is 0 Å². The quantitative estimate of drug-likeness (QED) is 0.745. The van der Waals surface area contributed by atoms with Crippen LogP contribution in [-0.4, -0.2) is 24.2 Å². The highest BCUT2D eigenvalue weighted by Gasteiger charge is 2.31. The van der Waals surface area contributed by atoms with E-state index in [1.807, 2.05) is 18.2 Å². The van der Waals surface area contributed by atoms with Crippen LogP contribution in [0, 0.1) is 11.8 Å². The van der Waals surface area contributed by atoms with Gasteiger partial charge in [-0.3, -0.25) is 4.99 Å². The molecule has 2 unspecified atom stereocenters. The van der Waals surface area contributed by atoms with Gasteiger partial charge in [0, 0.05) is 6.07 Å². The number of aliphatic hydroxyl groups excluding tert-OH is 1. The van der Waals surface area contributed by atoms with Crippen molar-refractivity contribution in [3.8, 4) is 5.75 Å². The minimum Gasteiger partial charge on any atom is -0.497 e. The molecule has 0 aromatic heterocycles. The maximum atomic E-state index is 10.2. The number of anilines is 1. The zero-order valence-electron chi connectivity index (χ0n) is 13.5. The van der Waals surface area contributed by atoms with Gasteiger partial charge in [-0.25, -0.2) is 0 Å². The zero-order chi connectivity index (χ0) is 15.5. The molecule has 1 aliphatic heterocycles. The Bertz CT molecular complexity index is 556. The minimum absolute atomic E-state index is 0.678. The Morgan fingerprint density at radius 1 is 1.32 bits per heavy atom. The lowest BCUT2D eigenvalue weighted by Gasteiger charge is -2.23. The third kappa shape index (κ3) is 3.61. The molecule has 4 heteroatoms. The number of ether oxygens (including phenoxy) is 1. The van der Waals surface area contributed by atoms with E-state index < -0.39 is 6.23 Å². The average Bonchev–Trinajstić information content (AvgIpc) is 3.22. The van der Waals surface area contributed by atoms with Crippen molar-refractivity contribution in [2.45, 2.75) is 51.7 Å². The molecule has 1 fully saturated rings. The molecule has 3 atom stereocenters. The van der Waals surface area contributed by atoms with Crippen molar-refractivity contribution >= 4 is 17.1 Å². The lowest BCUT2D eigenvalue weighted by molar-refractivity contribution is 0.266. The van der Waals surface area contributed by atoms with E-state index in [9.17, 15) is 5.11 Å². The number of fused-ring (bicyclic) bond motifs is 1. The Hall–Kier alpha value is -1.55. The summed E-state index contributed by atoms with van der Waals surface area (Å²) in [5.74, 6) is 2.72. The summed E-state index contributed by atoms with van der Waals surface area (Å²) in [5, 5.41) is 13.3. The van der Waals surface area contributed by atoms with Gasteiger partial charge in [-0.05, 0) is 43.2 Å². The summed E-state index contributed by atoms with van der Waals surface area (Å²) in [5.41, 5.74) is 2.56. The van der Waals surface area contributed by atoms with Crippen LogP contribution >= 0.6 is 0 Å².